The second-order valence-corrected chi connectivity index (χ2v) is 5.41. The van der Waals surface area contributed by atoms with E-state index in [1.54, 1.807) is 0 Å². The number of para-hydroxylation sites is 2. The van der Waals surface area contributed by atoms with Crippen molar-refractivity contribution in [3.8, 4) is 5.82 Å². The van der Waals surface area contributed by atoms with Gasteiger partial charge in [-0.25, -0.2) is 0 Å². The highest BCUT2D eigenvalue weighted by molar-refractivity contribution is 6.37. The lowest BCUT2D eigenvalue weighted by molar-refractivity contribution is 1.07. The Bertz CT molecular complexity index is 931. The van der Waals surface area contributed by atoms with Gasteiger partial charge in [-0.2, -0.15) is 0 Å². The Balaban J connectivity index is 2.09. The molecule has 0 aliphatic carbocycles. The molecule has 0 radical (unpaired) electrons. The molecule has 0 atom stereocenters. The second-order valence-electron chi connectivity index (χ2n) is 5.03. The first kappa shape index (κ1) is 11.6. The largest absolute Gasteiger partial charge is 0.340 e. The van der Waals surface area contributed by atoms with Gasteiger partial charge in [0.15, 0.2) is 0 Å². The van der Waals surface area contributed by atoms with Gasteiger partial charge in [0.2, 0.25) is 0 Å². The van der Waals surface area contributed by atoms with Crippen molar-refractivity contribution < 1.29 is 0 Å². The van der Waals surface area contributed by atoms with E-state index >= 15 is 0 Å². The molecule has 0 amide bonds. The number of rotatable bonds is 1. The summed E-state index contributed by atoms with van der Waals surface area (Å²) in [6.45, 7) is 2.12. The number of hydrogen-bond donors (Lipinski definition) is 1. The molecular formula is C17H13ClN2. The monoisotopic (exact) mass is 280 g/mol. The highest BCUT2D eigenvalue weighted by Gasteiger charge is 2.13. The Kier molecular flexibility index (Phi) is 2.41. The van der Waals surface area contributed by atoms with Gasteiger partial charge >= 0.3 is 0 Å². The zero-order chi connectivity index (χ0) is 13.7. The van der Waals surface area contributed by atoms with Crippen molar-refractivity contribution in [1.29, 1.82) is 0 Å². The summed E-state index contributed by atoms with van der Waals surface area (Å²) in [6, 6.07) is 16.5. The van der Waals surface area contributed by atoms with Crippen LogP contribution in [0.4, 0.5) is 0 Å². The second kappa shape index (κ2) is 4.15. The summed E-state index contributed by atoms with van der Waals surface area (Å²) in [6.07, 6.45) is 2.13. The van der Waals surface area contributed by atoms with Crippen molar-refractivity contribution in [2.24, 2.45) is 0 Å². The van der Waals surface area contributed by atoms with Crippen molar-refractivity contribution in [1.82, 2.24) is 9.55 Å². The third kappa shape index (κ3) is 1.52. The zero-order valence-electron chi connectivity index (χ0n) is 11.0. The molecule has 0 unspecified atom stereocenters. The Labute approximate surface area is 121 Å². The molecule has 0 aliphatic heterocycles. The van der Waals surface area contributed by atoms with E-state index < -0.39 is 0 Å². The van der Waals surface area contributed by atoms with Crippen LogP contribution in [0.2, 0.25) is 5.02 Å². The molecule has 0 spiro atoms. The third-order valence-corrected chi connectivity index (χ3v) is 4.16. The van der Waals surface area contributed by atoms with Crippen LogP contribution in [-0.2, 0) is 0 Å². The molecule has 0 fully saturated rings. The number of H-pyrrole nitrogens is 1. The van der Waals surface area contributed by atoms with Crippen LogP contribution in [0.3, 0.4) is 0 Å². The fourth-order valence-corrected chi connectivity index (χ4v) is 3.10. The number of halogens is 1. The highest BCUT2D eigenvalue weighted by atomic mass is 35.5. The van der Waals surface area contributed by atoms with Crippen molar-refractivity contribution >= 4 is 33.4 Å². The first-order chi connectivity index (χ1) is 9.75. The molecule has 3 heteroatoms. The minimum absolute atomic E-state index is 0.765. The summed E-state index contributed by atoms with van der Waals surface area (Å²) in [5, 5.41) is 3.07. The van der Waals surface area contributed by atoms with Crippen molar-refractivity contribution in [2.45, 2.75) is 6.92 Å². The van der Waals surface area contributed by atoms with Gasteiger partial charge in [-0.05, 0) is 24.6 Å². The smallest absolute Gasteiger partial charge is 0.134 e. The molecule has 98 valence electrons. The molecular weight excluding hydrogens is 268 g/mol. The van der Waals surface area contributed by atoms with Crippen molar-refractivity contribution in [3.05, 3.63) is 65.3 Å². The molecule has 2 aromatic carbocycles. The fourth-order valence-electron chi connectivity index (χ4n) is 2.79. The van der Waals surface area contributed by atoms with Gasteiger partial charge < -0.3 is 9.55 Å². The number of aryl methyl sites for hydroxylation is 1. The lowest BCUT2D eigenvalue weighted by atomic mass is 10.2. The normalized spacial score (nSPS) is 11.5. The van der Waals surface area contributed by atoms with E-state index in [9.17, 15) is 0 Å². The van der Waals surface area contributed by atoms with Gasteiger partial charge in [0.1, 0.15) is 5.82 Å². The van der Waals surface area contributed by atoms with Crippen LogP contribution >= 0.6 is 11.6 Å². The maximum absolute atomic E-state index is 6.55. The first-order valence-corrected chi connectivity index (χ1v) is 6.97. The van der Waals surface area contributed by atoms with Crippen LogP contribution in [0.1, 0.15) is 5.56 Å². The lowest BCUT2D eigenvalue weighted by Gasteiger charge is -2.03. The Hall–Kier alpha value is -2.19. The summed E-state index contributed by atoms with van der Waals surface area (Å²) in [7, 11) is 0. The Morgan fingerprint density at radius 1 is 0.950 bits per heavy atom. The molecule has 0 bridgehead atoms. The van der Waals surface area contributed by atoms with Crippen molar-refractivity contribution in [2.75, 3.05) is 0 Å². The molecule has 2 nitrogen and oxygen atoms in total. The standard InChI is InChI=1S/C17H13ClN2/c1-11-10-20(15-9-5-3-6-12(11)15)17-16(18)13-7-2-4-8-14(13)19-17/h2-10,19H,1H3. The maximum atomic E-state index is 6.55. The zero-order valence-corrected chi connectivity index (χ0v) is 11.8. The van der Waals surface area contributed by atoms with Gasteiger partial charge in [-0.15, -0.1) is 0 Å². The number of aromatic amines is 1. The van der Waals surface area contributed by atoms with Crippen molar-refractivity contribution in [3.63, 3.8) is 0 Å². The molecule has 2 heterocycles. The van der Waals surface area contributed by atoms with Gasteiger partial charge in [0.25, 0.3) is 0 Å². The van der Waals surface area contributed by atoms with E-state index in [0.717, 1.165) is 21.7 Å². The number of hydrogen-bond acceptors (Lipinski definition) is 0. The lowest BCUT2D eigenvalue weighted by Crippen LogP contribution is -1.92. The number of fused-ring (bicyclic) bond motifs is 2. The topological polar surface area (TPSA) is 20.7 Å². The molecule has 20 heavy (non-hydrogen) atoms. The van der Waals surface area contributed by atoms with Crippen LogP contribution in [0.5, 0.6) is 0 Å². The van der Waals surface area contributed by atoms with Crippen LogP contribution in [0, 0.1) is 6.92 Å². The quantitative estimate of drug-likeness (QED) is 0.502. The summed E-state index contributed by atoms with van der Waals surface area (Å²) >= 11 is 6.55. The summed E-state index contributed by atoms with van der Waals surface area (Å²) in [4.78, 5) is 3.42. The van der Waals surface area contributed by atoms with Gasteiger partial charge in [0.05, 0.1) is 10.5 Å². The molecule has 0 saturated carbocycles. The SMILES string of the molecule is Cc1cn(-c2[nH]c3ccccc3c2Cl)c2ccccc12. The average Bonchev–Trinajstić information content (AvgIpc) is 2.99. The van der Waals surface area contributed by atoms with Crippen LogP contribution in [0.25, 0.3) is 27.6 Å². The fraction of sp³-hybridized carbons (Fsp3) is 0.0588. The number of benzene rings is 2. The molecule has 4 rings (SSSR count). The van der Waals surface area contributed by atoms with Crippen LogP contribution in [0.15, 0.2) is 54.7 Å². The predicted octanol–water partition coefficient (Wildman–Crippen LogP) is 5.07. The molecule has 2 aromatic heterocycles. The van der Waals surface area contributed by atoms with Crippen LogP contribution < -0.4 is 0 Å². The van der Waals surface area contributed by atoms with E-state index in [-0.39, 0.29) is 0 Å². The van der Waals surface area contributed by atoms with E-state index in [1.165, 1.54) is 16.5 Å². The molecule has 0 saturated heterocycles. The number of aromatic nitrogens is 2. The minimum Gasteiger partial charge on any atom is -0.340 e. The van der Waals surface area contributed by atoms with Gasteiger partial charge in [0, 0.05) is 22.5 Å². The number of nitrogens with zero attached hydrogens (tertiary/aromatic N) is 1. The van der Waals surface area contributed by atoms with Gasteiger partial charge in [-0.1, -0.05) is 48.0 Å². The highest BCUT2D eigenvalue weighted by Crippen LogP contribution is 2.33. The molecule has 0 aliphatic rings. The minimum atomic E-state index is 0.765. The summed E-state index contributed by atoms with van der Waals surface area (Å²) in [5.74, 6) is 0.928. The molecule has 4 aromatic rings. The number of nitrogens with one attached hydrogen (secondary N) is 1. The Morgan fingerprint density at radius 3 is 2.45 bits per heavy atom. The van der Waals surface area contributed by atoms with Crippen LogP contribution in [-0.4, -0.2) is 9.55 Å². The Morgan fingerprint density at radius 2 is 1.65 bits per heavy atom. The molecule has 1 N–H and O–H groups in total. The first-order valence-electron chi connectivity index (χ1n) is 6.59. The summed E-state index contributed by atoms with van der Waals surface area (Å²) in [5.41, 5.74) is 3.47. The van der Waals surface area contributed by atoms with E-state index in [4.69, 9.17) is 11.6 Å². The summed E-state index contributed by atoms with van der Waals surface area (Å²) < 4.78 is 2.13. The maximum Gasteiger partial charge on any atom is 0.134 e. The van der Waals surface area contributed by atoms with E-state index in [1.807, 2.05) is 24.3 Å². The van der Waals surface area contributed by atoms with Gasteiger partial charge in [-0.3, -0.25) is 0 Å². The van der Waals surface area contributed by atoms with E-state index in [0.29, 0.717) is 0 Å². The third-order valence-electron chi connectivity index (χ3n) is 3.78. The van der Waals surface area contributed by atoms with E-state index in [2.05, 4.69) is 46.9 Å². The predicted molar refractivity (Wildman–Crippen MR) is 84.9 cm³/mol. The average molecular weight is 281 g/mol.